The van der Waals surface area contributed by atoms with Crippen molar-refractivity contribution < 1.29 is 0 Å². The largest absolute Gasteiger partial charge is 0.384 e. The van der Waals surface area contributed by atoms with Crippen molar-refractivity contribution in [3.05, 3.63) is 52.2 Å². The van der Waals surface area contributed by atoms with Crippen molar-refractivity contribution in [3.8, 4) is 6.07 Å². The van der Waals surface area contributed by atoms with Gasteiger partial charge in [-0.3, -0.25) is 0 Å². The minimum atomic E-state index is 0.524. The Hall–Kier alpha value is -2.21. The summed E-state index contributed by atoms with van der Waals surface area (Å²) < 4.78 is 2.09. The first-order valence-corrected chi connectivity index (χ1v) is 6.56. The van der Waals surface area contributed by atoms with Crippen molar-refractivity contribution in [2.24, 2.45) is 0 Å². The van der Waals surface area contributed by atoms with Crippen LogP contribution in [0.25, 0.3) is 0 Å². The molecule has 0 radical (unpaired) electrons. The molecule has 96 valence electrons. The van der Waals surface area contributed by atoms with Crippen molar-refractivity contribution in [1.82, 2.24) is 4.57 Å². The molecular weight excluding hydrogens is 234 g/mol. The van der Waals surface area contributed by atoms with Crippen LogP contribution in [0.1, 0.15) is 33.9 Å². The summed E-state index contributed by atoms with van der Waals surface area (Å²) in [4.78, 5) is 0. The van der Waals surface area contributed by atoms with Crippen LogP contribution in [-0.2, 0) is 13.0 Å². The van der Waals surface area contributed by atoms with Crippen LogP contribution in [-0.4, -0.2) is 4.57 Å². The molecule has 1 unspecified atom stereocenters. The SMILES string of the molecule is Cc1c(C#N)c(N)n(CC2Cc3ccccc32)c1C. The predicted molar refractivity (Wildman–Crippen MR) is 75.9 cm³/mol. The molecule has 1 aliphatic carbocycles. The Balaban J connectivity index is 1.93. The molecule has 1 heterocycles. The summed E-state index contributed by atoms with van der Waals surface area (Å²) in [5.74, 6) is 1.14. The van der Waals surface area contributed by atoms with E-state index < -0.39 is 0 Å². The molecule has 19 heavy (non-hydrogen) atoms. The molecule has 1 aromatic heterocycles. The van der Waals surface area contributed by atoms with Crippen molar-refractivity contribution in [3.63, 3.8) is 0 Å². The molecule has 3 rings (SSSR count). The number of nitrogens with two attached hydrogens (primary N) is 1. The summed E-state index contributed by atoms with van der Waals surface area (Å²) in [6, 6.07) is 10.8. The fourth-order valence-corrected chi connectivity index (χ4v) is 3.01. The van der Waals surface area contributed by atoms with Crippen LogP contribution in [0.2, 0.25) is 0 Å². The van der Waals surface area contributed by atoms with E-state index in [1.807, 2.05) is 13.8 Å². The minimum absolute atomic E-state index is 0.524. The fraction of sp³-hybridized carbons (Fsp3) is 0.312. The smallest absolute Gasteiger partial charge is 0.122 e. The second kappa shape index (κ2) is 4.17. The first-order chi connectivity index (χ1) is 9.13. The molecule has 2 N–H and O–H groups in total. The Morgan fingerprint density at radius 3 is 2.74 bits per heavy atom. The lowest BCUT2D eigenvalue weighted by atomic mass is 9.77. The quantitative estimate of drug-likeness (QED) is 0.892. The Morgan fingerprint density at radius 1 is 1.37 bits per heavy atom. The van der Waals surface area contributed by atoms with Gasteiger partial charge >= 0.3 is 0 Å². The van der Waals surface area contributed by atoms with Gasteiger partial charge < -0.3 is 10.3 Å². The standard InChI is InChI=1S/C16H17N3/c1-10-11(2)19(16(18)15(10)8-17)9-13-7-12-5-3-4-6-14(12)13/h3-6,13H,7,9,18H2,1-2H3. The molecule has 1 aromatic carbocycles. The summed E-state index contributed by atoms with van der Waals surface area (Å²) >= 11 is 0. The third-order valence-corrected chi connectivity index (χ3v) is 4.35. The third kappa shape index (κ3) is 1.64. The minimum Gasteiger partial charge on any atom is -0.384 e. The summed E-state index contributed by atoms with van der Waals surface area (Å²) in [5.41, 5.74) is 11.7. The number of nitrogen functional groups attached to an aromatic ring is 1. The van der Waals surface area contributed by atoms with Gasteiger partial charge in [0.05, 0.1) is 5.56 Å². The van der Waals surface area contributed by atoms with Gasteiger partial charge in [0.25, 0.3) is 0 Å². The molecule has 3 nitrogen and oxygen atoms in total. The Morgan fingerprint density at radius 2 is 2.11 bits per heavy atom. The zero-order valence-electron chi connectivity index (χ0n) is 11.3. The second-order valence-electron chi connectivity index (χ2n) is 5.29. The number of anilines is 1. The number of hydrogen-bond acceptors (Lipinski definition) is 2. The number of rotatable bonds is 2. The van der Waals surface area contributed by atoms with Gasteiger partial charge in [-0.1, -0.05) is 24.3 Å². The number of fused-ring (bicyclic) bond motifs is 1. The Bertz CT molecular complexity index is 689. The molecule has 0 saturated carbocycles. The lowest BCUT2D eigenvalue weighted by molar-refractivity contribution is 0.507. The summed E-state index contributed by atoms with van der Waals surface area (Å²) in [6.07, 6.45) is 1.11. The van der Waals surface area contributed by atoms with E-state index in [2.05, 4.69) is 34.9 Å². The number of nitrogens with zero attached hydrogens (tertiary/aromatic N) is 2. The van der Waals surface area contributed by atoms with E-state index in [4.69, 9.17) is 11.0 Å². The first kappa shape index (κ1) is 11.9. The highest BCUT2D eigenvalue weighted by atomic mass is 15.1. The van der Waals surface area contributed by atoms with Gasteiger partial charge in [0.2, 0.25) is 0 Å². The number of benzene rings is 1. The van der Waals surface area contributed by atoms with Gasteiger partial charge in [0, 0.05) is 18.2 Å². The Labute approximate surface area is 113 Å². The van der Waals surface area contributed by atoms with E-state index >= 15 is 0 Å². The summed E-state index contributed by atoms with van der Waals surface area (Å²) in [6.45, 7) is 4.88. The highest BCUT2D eigenvalue weighted by Crippen LogP contribution is 2.37. The molecule has 0 spiro atoms. The topological polar surface area (TPSA) is 54.7 Å². The Kier molecular flexibility index (Phi) is 2.60. The fourth-order valence-electron chi connectivity index (χ4n) is 3.01. The van der Waals surface area contributed by atoms with Crippen molar-refractivity contribution in [2.75, 3.05) is 5.73 Å². The molecule has 1 atom stereocenters. The van der Waals surface area contributed by atoms with Crippen LogP contribution in [0.4, 0.5) is 5.82 Å². The van der Waals surface area contributed by atoms with Crippen molar-refractivity contribution >= 4 is 5.82 Å². The maximum atomic E-state index is 9.16. The number of nitriles is 1. The molecule has 0 amide bonds. The second-order valence-corrected chi connectivity index (χ2v) is 5.29. The molecule has 0 fully saturated rings. The number of hydrogen-bond donors (Lipinski definition) is 1. The first-order valence-electron chi connectivity index (χ1n) is 6.56. The van der Waals surface area contributed by atoms with Crippen LogP contribution < -0.4 is 5.73 Å². The lowest BCUT2D eigenvalue weighted by Gasteiger charge is -2.31. The highest BCUT2D eigenvalue weighted by Gasteiger charge is 2.27. The maximum Gasteiger partial charge on any atom is 0.122 e. The molecule has 2 aromatic rings. The number of aromatic nitrogens is 1. The normalized spacial score (nSPS) is 16.6. The molecule has 0 aliphatic heterocycles. The van der Waals surface area contributed by atoms with Gasteiger partial charge in [-0.2, -0.15) is 5.26 Å². The zero-order chi connectivity index (χ0) is 13.6. The maximum absolute atomic E-state index is 9.16. The van der Waals surface area contributed by atoms with Gasteiger partial charge in [-0.15, -0.1) is 0 Å². The van der Waals surface area contributed by atoms with Crippen molar-refractivity contribution in [2.45, 2.75) is 32.7 Å². The van der Waals surface area contributed by atoms with E-state index in [-0.39, 0.29) is 0 Å². The van der Waals surface area contributed by atoms with Gasteiger partial charge in [0.1, 0.15) is 11.9 Å². The highest BCUT2D eigenvalue weighted by molar-refractivity contribution is 5.58. The average molecular weight is 251 g/mol. The van der Waals surface area contributed by atoms with Gasteiger partial charge in [-0.25, -0.2) is 0 Å². The van der Waals surface area contributed by atoms with E-state index in [9.17, 15) is 0 Å². The molecule has 0 saturated heterocycles. The summed E-state index contributed by atoms with van der Waals surface area (Å²) in [5, 5.41) is 9.16. The molecule has 3 heteroatoms. The molecular formula is C16H17N3. The van der Waals surface area contributed by atoms with E-state index in [0.29, 0.717) is 17.3 Å². The van der Waals surface area contributed by atoms with Crippen LogP contribution in [0.15, 0.2) is 24.3 Å². The van der Waals surface area contributed by atoms with Crippen LogP contribution in [0.3, 0.4) is 0 Å². The van der Waals surface area contributed by atoms with Gasteiger partial charge in [-0.05, 0) is 37.0 Å². The summed E-state index contributed by atoms with van der Waals surface area (Å²) in [7, 11) is 0. The predicted octanol–water partition coefficient (Wildman–Crippen LogP) is 2.90. The van der Waals surface area contributed by atoms with Crippen LogP contribution in [0, 0.1) is 25.2 Å². The third-order valence-electron chi connectivity index (χ3n) is 4.35. The average Bonchev–Trinajstić information content (AvgIpc) is 2.59. The van der Waals surface area contributed by atoms with Gasteiger partial charge in [0.15, 0.2) is 0 Å². The van der Waals surface area contributed by atoms with Crippen molar-refractivity contribution in [1.29, 1.82) is 5.26 Å². The zero-order valence-corrected chi connectivity index (χ0v) is 11.3. The molecule has 1 aliphatic rings. The van der Waals surface area contributed by atoms with E-state index in [1.54, 1.807) is 0 Å². The van der Waals surface area contributed by atoms with Crippen LogP contribution >= 0.6 is 0 Å². The molecule has 0 bridgehead atoms. The van der Waals surface area contributed by atoms with Crippen LogP contribution in [0.5, 0.6) is 0 Å². The lowest BCUT2D eigenvalue weighted by Crippen LogP contribution is -2.23. The van der Waals surface area contributed by atoms with E-state index in [1.165, 1.54) is 11.1 Å². The monoisotopic (exact) mass is 251 g/mol. The van der Waals surface area contributed by atoms with E-state index in [0.717, 1.165) is 24.2 Å².